The summed E-state index contributed by atoms with van der Waals surface area (Å²) in [7, 11) is 0. The van der Waals surface area contributed by atoms with Gasteiger partial charge in [0, 0.05) is 25.8 Å². The number of ether oxygens (including phenoxy) is 3. The van der Waals surface area contributed by atoms with Crippen LogP contribution in [0, 0.1) is 5.92 Å². The molecule has 2 bridgehead atoms. The zero-order valence-electron chi connectivity index (χ0n) is 24.4. The first kappa shape index (κ1) is 33.3. The molecule has 0 saturated carbocycles. The number of carbonyl (C=O) groups is 5. The number of hydrogen-bond donors (Lipinski definition) is 3. The van der Waals surface area contributed by atoms with Crippen LogP contribution < -0.4 is 20.7 Å². The zero-order chi connectivity index (χ0) is 30.3. The van der Waals surface area contributed by atoms with E-state index in [-0.39, 0.29) is 37.0 Å². The van der Waals surface area contributed by atoms with E-state index in [1.54, 1.807) is 32.9 Å². The summed E-state index contributed by atoms with van der Waals surface area (Å²) in [5.41, 5.74) is 0.231. The minimum absolute atomic E-state index is 0.0312. The van der Waals surface area contributed by atoms with Crippen LogP contribution in [-0.2, 0) is 35.1 Å². The highest BCUT2D eigenvalue weighted by molar-refractivity contribution is 5.92. The van der Waals surface area contributed by atoms with Crippen LogP contribution in [0.15, 0.2) is 36.4 Å². The Morgan fingerprint density at radius 1 is 1.10 bits per heavy atom. The smallest absolute Gasteiger partial charge is 0.407 e. The van der Waals surface area contributed by atoms with Crippen LogP contribution in [0.25, 0.3) is 0 Å². The maximum absolute atomic E-state index is 13.5. The molecule has 0 radical (unpaired) electrons. The van der Waals surface area contributed by atoms with Gasteiger partial charge in [-0.05, 0) is 64.2 Å². The zero-order valence-corrected chi connectivity index (χ0v) is 24.4. The van der Waals surface area contributed by atoms with Crippen LogP contribution in [-0.4, -0.2) is 67.6 Å². The molecular formula is C30H43N3O8. The van der Waals surface area contributed by atoms with E-state index < -0.39 is 29.7 Å². The number of amides is 3. The van der Waals surface area contributed by atoms with Crippen molar-refractivity contribution in [2.45, 2.75) is 83.9 Å². The number of nitrogens with one attached hydrogen (secondary N) is 3. The van der Waals surface area contributed by atoms with Crippen molar-refractivity contribution in [1.82, 2.24) is 16.0 Å². The minimum atomic E-state index is -0.810. The Morgan fingerprint density at radius 3 is 2.49 bits per heavy atom. The third-order valence-electron chi connectivity index (χ3n) is 6.24. The first-order valence-electron chi connectivity index (χ1n) is 14.0. The lowest BCUT2D eigenvalue weighted by atomic mass is 9.90. The summed E-state index contributed by atoms with van der Waals surface area (Å²) in [6.07, 6.45) is 5.19. The highest BCUT2D eigenvalue weighted by Crippen LogP contribution is 2.19. The SMILES string of the molecule is CC(=O)N[C@H]1Cc2ccc(cc2)OCC=CC[C@@H](COC=O)NC(=O)[C@H](CCCCNC(=O)OC(C)(C)C)CC1=O. The quantitative estimate of drug-likeness (QED) is 0.232. The number of ketones is 1. The van der Waals surface area contributed by atoms with Crippen molar-refractivity contribution in [3.05, 3.63) is 42.0 Å². The lowest BCUT2D eigenvalue weighted by Gasteiger charge is -2.24. The molecule has 0 fully saturated rings. The minimum Gasteiger partial charge on any atom is -0.490 e. The van der Waals surface area contributed by atoms with Crippen molar-refractivity contribution in [3.8, 4) is 5.75 Å². The molecule has 3 atom stereocenters. The molecule has 0 spiro atoms. The summed E-state index contributed by atoms with van der Waals surface area (Å²) in [6, 6.07) is 5.97. The van der Waals surface area contributed by atoms with E-state index in [0.29, 0.717) is 51.1 Å². The summed E-state index contributed by atoms with van der Waals surface area (Å²) in [4.78, 5) is 61.5. The van der Waals surface area contributed by atoms with Crippen LogP contribution in [0.2, 0.25) is 0 Å². The van der Waals surface area contributed by atoms with Gasteiger partial charge < -0.3 is 30.2 Å². The molecule has 11 nitrogen and oxygen atoms in total. The molecule has 1 aromatic rings. The van der Waals surface area contributed by atoms with Crippen molar-refractivity contribution in [2.75, 3.05) is 19.8 Å². The van der Waals surface area contributed by atoms with E-state index in [1.807, 2.05) is 24.3 Å². The molecule has 0 saturated heterocycles. The van der Waals surface area contributed by atoms with Crippen molar-refractivity contribution >= 4 is 30.2 Å². The van der Waals surface area contributed by atoms with Crippen molar-refractivity contribution in [1.29, 1.82) is 0 Å². The van der Waals surface area contributed by atoms with Gasteiger partial charge in [-0.1, -0.05) is 30.7 Å². The second-order valence-electron chi connectivity index (χ2n) is 11.0. The average molecular weight is 574 g/mol. The maximum atomic E-state index is 13.5. The van der Waals surface area contributed by atoms with Gasteiger partial charge in [-0.3, -0.25) is 19.2 Å². The van der Waals surface area contributed by atoms with Crippen molar-refractivity contribution < 1.29 is 38.2 Å². The Labute approximate surface area is 241 Å². The number of unbranched alkanes of at least 4 members (excludes halogenated alkanes) is 1. The van der Waals surface area contributed by atoms with E-state index in [0.717, 1.165) is 5.56 Å². The van der Waals surface area contributed by atoms with E-state index >= 15 is 0 Å². The number of alkyl carbamates (subject to hydrolysis) is 1. The van der Waals surface area contributed by atoms with Gasteiger partial charge in [0.05, 0.1) is 12.1 Å². The first-order valence-corrected chi connectivity index (χ1v) is 14.0. The van der Waals surface area contributed by atoms with E-state index in [1.165, 1.54) is 6.92 Å². The van der Waals surface area contributed by atoms with Crippen LogP contribution in [0.5, 0.6) is 5.75 Å². The first-order chi connectivity index (χ1) is 19.5. The van der Waals surface area contributed by atoms with Crippen LogP contribution >= 0.6 is 0 Å². The van der Waals surface area contributed by atoms with Gasteiger partial charge >= 0.3 is 6.09 Å². The molecule has 0 aliphatic carbocycles. The van der Waals surface area contributed by atoms with Gasteiger partial charge in [0.2, 0.25) is 11.8 Å². The lowest BCUT2D eigenvalue weighted by Crippen LogP contribution is -2.45. The predicted molar refractivity (Wildman–Crippen MR) is 152 cm³/mol. The Morgan fingerprint density at radius 2 is 1.83 bits per heavy atom. The Bertz CT molecular complexity index is 1050. The summed E-state index contributed by atoms with van der Waals surface area (Å²) in [5, 5.41) is 8.33. The number of fused-ring (bicyclic) bond motifs is 13. The Balaban J connectivity index is 2.19. The summed E-state index contributed by atoms with van der Waals surface area (Å²) in [6.45, 7) is 7.63. The Kier molecular flexibility index (Phi) is 13.8. The van der Waals surface area contributed by atoms with Crippen molar-refractivity contribution in [2.24, 2.45) is 5.92 Å². The standard InChI is InChI=1S/C30H43N3O8/c1-21(35)32-26-17-22-11-13-25(14-12-22)40-16-8-6-10-24(19-39-20-34)33-28(37)23(18-27(26)36)9-5-7-15-31-29(38)41-30(2,3)4/h6,8,11-14,20,23-24,26H,5,7,9-10,15-19H2,1-4H3,(H,31,38)(H,32,35)(H,33,37)/t23-,24+,26+/m1/s1. The molecule has 1 aromatic carbocycles. The fourth-order valence-corrected chi connectivity index (χ4v) is 4.30. The fraction of sp³-hybridized carbons (Fsp3) is 0.567. The fourth-order valence-electron chi connectivity index (χ4n) is 4.30. The normalized spacial score (nSPS) is 20.2. The molecule has 3 amide bonds. The molecule has 2 aliphatic heterocycles. The molecule has 41 heavy (non-hydrogen) atoms. The van der Waals surface area contributed by atoms with Crippen molar-refractivity contribution in [3.63, 3.8) is 0 Å². The monoisotopic (exact) mass is 573 g/mol. The summed E-state index contributed by atoms with van der Waals surface area (Å²) < 4.78 is 15.9. The van der Waals surface area contributed by atoms with Gasteiger partial charge in [-0.2, -0.15) is 0 Å². The average Bonchev–Trinajstić information content (AvgIpc) is 2.89. The molecule has 3 rings (SSSR count). The highest BCUT2D eigenvalue weighted by atomic mass is 16.6. The van der Waals surface area contributed by atoms with Crippen LogP contribution in [0.1, 0.15) is 65.4 Å². The lowest BCUT2D eigenvalue weighted by molar-refractivity contribution is -0.134. The second kappa shape index (κ2) is 17.0. The maximum Gasteiger partial charge on any atom is 0.407 e. The number of carbonyl (C=O) groups excluding carboxylic acids is 5. The van der Waals surface area contributed by atoms with Crippen LogP contribution in [0.4, 0.5) is 4.79 Å². The molecule has 2 aliphatic rings. The second-order valence-corrected chi connectivity index (χ2v) is 11.0. The predicted octanol–water partition coefficient (Wildman–Crippen LogP) is 3.00. The number of hydrogen-bond acceptors (Lipinski definition) is 8. The summed E-state index contributed by atoms with van der Waals surface area (Å²) >= 11 is 0. The molecular weight excluding hydrogens is 530 g/mol. The molecule has 0 unspecified atom stereocenters. The number of rotatable bonds is 9. The van der Waals surface area contributed by atoms with E-state index in [9.17, 15) is 24.0 Å². The Hall–Kier alpha value is -3.89. The van der Waals surface area contributed by atoms with Gasteiger partial charge in [-0.15, -0.1) is 0 Å². The number of benzene rings is 1. The van der Waals surface area contributed by atoms with E-state index in [4.69, 9.17) is 14.2 Å². The topological polar surface area (TPSA) is 149 Å². The molecule has 0 aromatic heterocycles. The largest absolute Gasteiger partial charge is 0.490 e. The number of Topliss-reactive ketones (excluding diaryl/α,β-unsaturated/α-hetero) is 1. The highest BCUT2D eigenvalue weighted by Gasteiger charge is 2.28. The molecule has 11 heteroatoms. The van der Waals surface area contributed by atoms with E-state index in [2.05, 4.69) is 16.0 Å². The molecule has 3 N–H and O–H groups in total. The molecule has 2 heterocycles. The van der Waals surface area contributed by atoms with Gasteiger partial charge in [-0.25, -0.2) is 4.79 Å². The summed E-state index contributed by atoms with van der Waals surface area (Å²) in [5.74, 6) is -1.000. The van der Waals surface area contributed by atoms with Gasteiger partial charge in [0.1, 0.15) is 24.6 Å². The molecule has 226 valence electrons. The van der Waals surface area contributed by atoms with Crippen LogP contribution in [0.3, 0.4) is 0 Å². The van der Waals surface area contributed by atoms with Gasteiger partial charge in [0.15, 0.2) is 5.78 Å². The third kappa shape index (κ3) is 13.8. The van der Waals surface area contributed by atoms with Gasteiger partial charge in [0.25, 0.3) is 6.47 Å². The third-order valence-corrected chi connectivity index (χ3v) is 6.24.